The molecule has 0 radical (unpaired) electrons. The van der Waals surface area contributed by atoms with Crippen molar-refractivity contribution in [3.63, 3.8) is 0 Å². The van der Waals surface area contributed by atoms with Crippen LogP contribution in [0.5, 0.6) is 5.75 Å². The Kier molecular flexibility index (Phi) is 5.30. The van der Waals surface area contributed by atoms with E-state index in [1.54, 1.807) is 30.3 Å². The number of anilines is 1. The Labute approximate surface area is 133 Å². The summed E-state index contributed by atoms with van der Waals surface area (Å²) < 4.78 is 18.1. The molecule has 0 aliphatic rings. The molecule has 0 atom stereocenters. The van der Waals surface area contributed by atoms with Crippen LogP contribution < -0.4 is 15.4 Å². The summed E-state index contributed by atoms with van der Waals surface area (Å²) in [5, 5.41) is 5.24. The molecule has 5 nitrogen and oxygen atoms in total. The summed E-state index contributed by atoms with van der Waals surface area (Å²) in [7, 11) is 2.99. The van der Waals surface area contributed by atoms with Crippen molar-refractivity contribution in [3.05, 3.63) is 59.4 Å². The largest absolute Gasteiger partial charge is 0.495 e. The lowest BCUT2D eigenvalue weighted by molar-refractivity contribution is -0.115. The number of rotatable bonds is 5. The Morgan fingerprint density at radius 3 is 2.43 bits per heavy atom. The molecule has 0 bridgehead atoms. The highest BCUT2D eigenvalue weighted by Gasteiger charge is 2.12. The molecule has 23 heavy (non-hydrogen) atoms. The van der Waals surface area contributed by atoms with Gasteiger partial charge in [-0.1, -0.05) is 12.1 Å². The number of amides is 2. The van der Waals surface area contributed by atoms with E-state index >= 15 is 0 Å². The molecule has 2 aromatic rings. The van der Waals surface area contributed by atoms with E-state index < -0.39 is 0 Å². The first kappa shape index (κ1) is 16.5. The van der Waals surface area contributed by atoms with Crippen molar-refractivity contribution in [2.24, 2.45) is 0 Å². The van der Waals surface area contributed by atoms with E-state index in [1.807, 2.05) is 0 Å². The van der Waals surface area contributed by atoms with Gasteiger partial charge < -0.3 is 15.4 Å². The van der Waals surface area contributed by atoms with Gasteiger partial charge in [-0.15, -0.1) is 0 Å². The van der Waals surface area contributed by atoms with Crippen molar-refractivity contribution in [1.82, 2.24) is 5.32 Å². The van der Waals surface area contributed by atoms with E-state index in [2.05, 4.69) is 10.6 Å². The molecule has 0 spiro atoms. The molecule has 0 fully saturated rings. The van der Waals surface area contributed by atoms with Crippen LogP contribution >= 0.6 is 0 Å². The smallest absolute Gasteiger partial charge is 0.251 e. The number of carbonyl (C=O) groups excluding carboxylic acids is 2. The third-order valence-electron chi connectivity index (χ3n) is 3.24. The zero-order valence-corrected chi connectivity index (χ0v) is 12.9. The molecule has 6 heteroatoms. The van der Waals surface area contributed by atoms with E-state index in [4.69, 9.17) is 4.74 Å². The number of carbonyl (C=O) groups is 2. The SMILES string of the molecule is CNC(=O)c1ccc(NC(=O)Cc2ccc(F)cc2)c(OC)c1. The fourth-order valence-corrected chi connectivity index (χ4v) is 2.06. The second-order valence-corrected chi connectivity index (χ2v) is 4.85. The molecule has 0 saturated heterocycles. The van der Waals surface area contributed by atoms with Gasteiger partial charge in [0.25, 0.3) is 5.91 Å². The lowest BCUT2D eigenvalue weighted by atomic mass is 10.1. The quantitative estimate of drug-likeness (QED) is 0.890. The summed E-state index contributed by atoms with van der Waals surface area (Å²) >= 11 is 0. The minimum Gasteiger partial charge on any atom is -0.495 e. The van der Waals surface area contributed by atoms with Crippen LogP contribution in [0.1, 0.15) is 15.9 Å². The molecule has 120 valence electrons. The van der Waals surface area contributed by atoms with Crippen LogP contribution in [0.2, 0.25) is 0 Å². The summed E-state index contributed by atoms with van der Waals surface area (Å²) in [6, 6.07) is 10.5. The van der Waals surface area contributed by atoms with Gasteiger partial charge in [-0.25, -0.2) is 4.39 Å². The molecule has 2 aromatic carbocycles. The van der Waals surface area contributed by atoms with Gasteiger partial charge in [0.05, 0.1) is 19.2 Å². The highest BCUT2D eigenvalue weighted by molar-refractivity contribution is 5.97. The van der Waals surface area contributed by atoms with Crippen molar-refractivity contribution < 1.29 is 18.7 Å². The molecular weight excluding hydrogens is 299 g/mol. The Balaban J connectivity index is 2.10. The first-order chi connectivity index (χ1) is 11.0. The lowest BCUT2D eigenvalue weighted by Gasteiger charge is -2.11. The van der Waals surface area contributed by atoms with Crippen LogP contribution in [0.4, 0.5) is 10.1 Å². The highest BCUT2D eigenvalue weighted by Crippen LogP contribution is 2.25. The van der Waals surface area contributed by atoms with Crippen LogP contribution in [0.3, 0.4) is 0 Å². The molecule has 2 rings (SSSR count). The van der Waals surface area contributed by atoms with Crippen molar-refractivity contribution in [3.8, 4) is 5.75 Å². The lowest BCUT2D eigenvalue weighted by Crippen LogP contribution is -2.18. The van der Waals surface area contributed by atoms with Crippen molar-refractivity contribution in [1.29, 1.82) is 0 Å². The predicted molar refractivity (Wildman–Crippen MR) is 85.1 cm³/mol. The normalized spacial score (nSPS) is 10.0. The van der Waals surface area contributed by atoms with Crippen LogP contribution in [0, 0.1) is 5.82 Å². The van der Waals surface area contributed by atoms with Crippen molar-refractivity contribution >= 4 is 17.5 Å². The number of hydrogen-bond donors (Lipinski definition) is 2. The first-order valence-electron chi connectivity index (χ1n) is 6.98. The average molecular weight is 316 g/mol. The Morgan fingerprint density at radius 2 is 1.83 bits per heavy atom. The number of halogens is 1. The summed E-state index contributed by atoms with van der Waals surface area (Å²) in [6.45, 7) is 0. The Morgan fingerprint density at radius 1 is 1.13 bits per heavy atom. The van der Waals surface area contributed by atoms with Crippen molar-refractivity contribution in [2.75, 3.05) is 19.5 Å². The highest BCUT2D eigenvalue weighted by atomic mass is 19.1. The fourth-order valence-electron chi connectivity index (χ4n) is 2.06. The van der Waals surface area contributed by atoms with Gasteiger partial charge in [0.1, 0.15) is 11.6 Å². The van der Waals surface area contributed by atoms with Gasteiger partial charge in [-0.2, -0.15) is 0 Å². The predicted octanol–water partition coefficient (Wildman–Crippen LogP) is 2.38. The Hall–Kier alpha value is -2.89. The first-order valence-corrected chi connectivity index (χ1v) is 6.98. The van der Waals surface area contributed by atoms with Crippen LogP contribution in [-0.4, -0.2) is 26.0 Å². The van der Waals surface area contributed by atoms with Gasteiger partial charge in [0.15, 0.2) is 0 Å². The molecule has 0 saturated carbocycles. The number of methoxy groups -OCH3 is 1. The number of hydrogen-bond acceptors (Lipinski definition) is 3. The zero-order valence-electron chi connectivity index (χ0n) is 12.9. The molecule has 0 unspecified atom stereocenters. The number of ether oxygens (including phenoxy) is 1. The monoisotopic (exact) mass is 316 g/mol. The molecule has 0 aromatic heterocycles. The van der Waals surface area contributed by atoms with E-state index in [-0.39, 0.29) is 24.1 Å². The van der Waals surface area contributed by atoms with Crippen molar-refractivity contribution in [2.45, 2.75) is 6.42 Å². The second-order valence-electron chi connectivity index (χ2n) is 4.85. The standard InChI is InChI=1S/C17H17FN2O3/c1-19-17(22)12-5-8-14(15(10-12)23-2)20-16(21)9-11-3-6-13(18)7-4-11/h3-8,10H,9H2,1-2H3,(H,19,22)(H,20,21). The second kappa shape index (κ2) is 7.40. The summed E-state index contributed by atoms with van der Waals surface area (Å²) in [6.07, 6.45) is 0.112. The fraction of sp³-hybridized carbons (Fsp3) is 0.176. The molecule has 2 N–H and O–H groups in total. The van der Waals surface area contributed by atoms with Gasteiger partial charge in [0.2, 0.25) is 5.91 Å². The number of benzene rings is 2. The van der Waals surface area contributed by atoms with E-state index in [9.17, 15) is 14.0 Å². The maximum atomic E-state index is 12.9. The maximum Gasteiger partial charge on any atom is 0.251 e. The molecule has 2 amide bonds. The van der Waals surface area contributed by atoms with Crippen LogP contribution in [0.15, 0.2) is 42.5 Å². The molecule has 0 aliphatic heterocycles. The van der Waals surface area contributed by atoms with E-state index in [1.165, 1.54) is 26.3 Å². The van der Waals surface area contributed by atoms with Crippen LogP contribution in [-0.2, 0) is 11.2 Å². The molecular formula is C17H17FN2O3. The zero-order chi connectivity index (χ0) is 16.8. The van der Waals surface area contributed by atoms with E-state index in [0.717, 1.165) is 0 Å². The summed E-state index contributed by atoms with van der Waals surface area (Å²) in [4.78, 5) is 23.7. The Bertz CT molecular complexity index is 714. The maximum absolute atomic E-state index is 12.9. The third-order valence-corrected chi connectivity index (χ3v) is 3.24. The third kappa shape index (κ3) is 4.29. The minimum absolute atomic E-state index is 0.112. The van der Waals surface area contributed by atoms with E-state index in [0.29, 0.717) is 22.6 Å². The van der Waals surface area contributed by atoms with Gasteiger partial charge in [0, 0.05) is 12.6 Å². The average Bonchev–Trinajstić information content (AvgIpc) is 2.56. The minimum atomic E-state index is -0.347. The molecule has 0 aliphatic carbocycles. The summed E-state index contributed by atoms with van der Waals surface area (Å²) in [5.41, 5.74) is 1.60. The number of nitrogens with one attached hydrogen (secondary N) is 2. The summed E-state index contributed by atoms with van der Waals surface area (Å²) in [5.74, 6) is -0.464. The van der Waals surface area contributed by atoms with Gasteiger partial charge in [-0.05, 0) is 35.9 Å². The molecule has 0 heterocycles. The van der Waals surface area contributed by atoms with Gasteiger partial charge >= 0.3 is 0 Å². The topological polar surface area (TPSA) is 67.4 Å². The van der Waals surface area contributed by atoms with Gasteiger partial charge in [-0.3, -0.25) is 9.59 Å². The van der Waals surface area contributed by atoms with Crippen LogP contribution in [0.25, 0.3) is 0 Å².